The molecule has 78 valence electrons. The molecule has 0 spiro atoms. The molecule has 14 heavy (non-hydrogen) atoms. The third kappa shape index (κ3) is 3.33. The monoisotopic (exact) mass is 213 g/mol. The molecule has 1 aromatic rings. The molecule has 0 aliphatic carbocycles. The summed E-state index contributed by atoms with van der Waals surface area (Å²) in [6.07, 6.45) is 1.34. The van der Waals surface area contributed by atoms with Crippen LogP contribution >= 0.6 is 11.3 Å². The molecule has 0 atom stereocenters. The second-order valence-electron chi connectivity index (χ2n) is 2.85. The summed E-state index contributed by atoms with van der Waals surface area (Å²) in [4.78, 5) is 15.2. The van der Waals surface area contributed by atoms with E-state index in [-0.39, 0.29) is 5.91 Å². The number of hydrogen-bond donors (Lipinski definition) is 2. The molecule has 0 aliphatic rings. The van der Waals surface area contributed by atoms with Gasteiger partial charge in [-0.25, -0.2) is 4.98 Å². The molecule has 0 unspecified atom stereocenters. The number of nitrogens with one attached hydrogen (secondary N) is 2. The van der Waals surface area contributed by atoms with E-state index in [4.69, 9.17) is 0 Å². The van der Waals surface area contributed by atoms with Crippen molar-refractivity contribution in [2.24, 2.45) is 0 Å². The van der Waals surface area contributed by atoms with Gasteiger partial charge in [0.1, 0.15) is 0 Å². The standard InChI is InChI=1S/C9H15N3OS/c1-3-8(13)11-5-4-7-6-14-9(10-2)12-7/h6H,3-5H2,1-2H3,(H,10,12)(H,11,13). The Balaban J connectivity index is 2.27. The van der Waals surface area contributed by atoms with Crippen molar-refractivity contribution < 1.29 is 4.79 Å². The van der Waals surface area contributed by atoms with E-state index in [1.54, 1.807) is 11.3 Å². The van der Waals surface area contributed by atoms with Gasteiger partial charge in [-0.1, -0.05) is 6.92 Å². The Bertz CT molecular complexity index is 298. The SMILES string of the molecule is CCC(=O)NCCc1csc(NC)n1. The summed E-state index contributed by atoms with van der Waals surface area (Å²) >= 11 is 1.58. The minimum Gasteiger partial charge on any atom is -0.365 e. The van der Waals surface area contributed by atoms with Crippen LogP contribution in [0.25, 0.3) is 0 Å². The fourth-order valence-corrected chi connectivity index (χ4v) is 1.70. The number of carbonyl (C=O) groups excluding carboxylic acids is 1. The number of rotatable bonds is 5. The first kappa shape index (κ1) is 11.0. The molecule has 5 heteroatoms. The third-order valence-corrected chi connectivity index (χ3v) is 2.70. The summed E-state index contributed by atoms with van der Waals surface area (Å²) in [5, 5.41) is 8.71. The Labute approximate surface area is 87.7 Å². The first-order chi connectivity index (χ1) is 6.76. The average molecular weight is 213 g/mol. The first-order valence-corrected chi connectivity index (χ1v) is 5.53. The van der Waals surface area contributed by atoms with Crippen molar-refractivity contribution in [3.63, 3.8) is 0 Å². The molecule has 0 aliphatic heterocycles. The lowest BCUT2D eigenvalue weighted by Crippen LogP contribution is -2.24. The normalized spacial score (nSPS) is 9.86. The Morgan fingerprint density at radius 3 is 3.00 bits per heavy atom. The van der Waals surface area contributed by atoms with Crippen LogP contribution in [0.4, 0.5) is 5.13 Å². The number of thiazole rings is 1. The zero-order valence-electron chi connectivity index (χ0n) is 8.46. The maximum atomic E-state index is 10.9. The molecule has 0 fully saturated rings. The summed E-state index contributed by atoms with van der Waals surface area (Å²) in [7, 11) is 1.85. The largest absolute Gasteiger partial charge is 0.365 e. The summed E-state index contributed by atoms with van der Waals surface area (Å²) in [6.45, 7) is 2.51. The lowest BCUT2D eigenvalue weighted by molar-refractivity contribution is -0.120. The summed E-state index contributed by atoms with van der Waals surface area (Å²) in [5.74, 6) is 0.0917. The molecular formula is C9H15N3OS. The van der Waals surface area contributed by atoms with Crippen molar-refractivity contribution in [1.82, 2.24) is 10.3 Å². The molecule has 1 aromatic heterocycles. The zero-order chi connectivity index (χ0) is 10.4. The second kappa shape index (κ2) is 5.59. The first-order valence-electron chi connectivity index (χ1n) is 4.65. The number of carbonyl (C=O) groups is 1. The van der Waals surface area contributed by atoms with Gasteiger partial charge in [-0.3, -0.25) is 4.79 Å². The Kier molecular flexibility index (Phi) is 4.39. The topological polar surface area (TPSA) is 54.0 Å². The number of anilines is 1. The molecule has 0 saturated carbocycles. The molecule has 1 heterocycles. The van der Waals surface area contributed by atoms with Crippen LogP contribution in [0, 0.1) is 0 Å². The van der Waals surface area contributed by atoms with Crippen LogP contribution in [0.3, 0.4) is 0 Å². The second-order valence-corrected chi connectivity index (χ2v) is 3.71. The fourth-order valence-electron chi connectivity index (χ4n) is 0.992. The van der Waals surface area contributed by atoms with E-state index in [1.165, 1.54) is 0 Å². The highest BCUT2D eigenvalue weighted by Gasteiger charge is 2.00. The van der Waals surface area contributed by atoms with Gasteiger partial charge < -0.3 is 10.6 Å². The van der Waals surface area contributed by atoms with Crippen LogP contribution in [-0.2, 0) is 11.2 Å². The van der Waals surface area contributed by atoms with Gasteiger partial charge in [0, 0.05) is 31.8 Å². The highest BCUT2D eigenvalue weighted by atomic mass is 32.1. The summed E-state index contributed by atoms with van der Waals surface area (Å²) in [6, 6.07) is 0. The predicted molar refractivity (Wildman–Crippen MR) is 58.7 cm³/mol. The number of hydrogen-bond acceptors (Lipinski definition) is 4. The predicted octanol–water partition coefficient (Wildman–Crippen LogP) is 1.25. The molecule has 4 nitrogen and oxygen atoms in total. The van der Waals surface area contributed by atoms with Crippen molar-refractivity contribution >= 4 is 22.4 Å². The number of nitrogens with zero attached hydrogens (tertiary/aromatic N) is 1. The van der Waals surface area contributed by atoms with E-state index in [0.717, 1.165) is 17.2 Å². The van der Waals surface area contributed by atoms with Crippen molar-refractivity contribution in [3.05, 3.63) is 11.1 Å². The molecule has 0 aromatic carbocycles. The molecular weight excluding hydrogens is 198 g/mol. The Morgan fingerprint density at radius 2 is 2.43 bits per heavy atom. The van der Waals surface area contributed by atoms with Crippen LogP contribution in [0.2, 0.25) is 0 Å². The van der Waals surface area contributed by atoms with Gasteiger partial charge >= 0.3 is 0 Å². The van der Waals surface area contributed by atoms with Crippen molar-refractivity contribution in [3.8, 4) is 0 Å². The van der Waals surface area contributed by atoms with E-state index < -0.39 is 0 Å². The van der Waals surface area contributed by atoms with Crippen molar-refractivity contribution in [1.29, 1.82) is 0 Å². The van der Waals surface area contributed by atoms with Gasteiger partial charge in [0.25, 0.3) is 0 Å². The van der Waals surface area contributed by atoms with Crippen LogP contribution in [0.5, 0.6) is 0 Å². The van der Waals surface area contributed by atoms with Gasteiger partial charge in [-0.05, 0) is 0 Å². The van der Waals surface area contributed by atoms with E-state index >= 15 is 0 Å². The minimum absolute atomic E-state index is 0.0917. The quantitative estimate of drug-likeness (QED) is 0.774. The van der Waals surface area contributed by atoms with Gasteiger partial charge in [0.15, 0.2) is 5.13 Å². The average Bonchev–Trinajstić information content (AvgIpc) is 2.65. The van der Waals surface area contributed by atoms with Crippen LogP contribution < -0.4 is 10.6 Å². The van der Waals surface area contributed by atoms with E-state index in [9.17, 15) is 4.79 Å². The van der Waals surface area contributed by atoms with Crippen LogP contribution in [0.15, 0.2) is 5.38 Å². The summed E-state index contributed by atoms with van der Waals surface area (Å²) < 4.78 is 0. The fraction of sp³-hybridized carbons (Fsp3) is 0.556. The zero-order valence-corrected chi connectivity index (χ0v) is 9.28. The van der Waals surface area contributed by atoms with Gasteiger partial charge in [0.2, 0.25) is 5.91 Å². The van der Waals surface area contributed by atoms with Gasteiger partial charge in [0.05, 0.1) is 5.69 Å². The molecule has 1 rings (SSSR count). The molecule has 0 bridgehead atoms. The van der Waals surface area contributed by atoms with Gasteiger partial charge in [-0.2, -0.15) is 0 Å². The number of aromatic nitrogens is 1. The van der Waals surface area contributed by atoms with Gasteiger partial charge in [-0.15, -0.1) is 11.3 Å². The molecule has 0 radical (unpaired) electrons. The molecule has 0 saturated heterocycles. The minimum atomic E-state index is 0.0917. The maximum Gasteiger partial charge on any atom is 0.219 e. The Hall–Kier alpha value is -1.10. The smallest absolute Gasteiger partial charge is 0.219 e. The lowest BCUT2D eigenvalue weighted by Gasteiger charge is -2.00. The van der Waals surface area contributed by atoms with E-state index in [0.29, 0.717) is 13.0 Å². The molecule has 2 N–H and O–H groups in total. The summed E-state index contributed by atoms with van der Waals surface area (Å²) in [5.41, 5.74) is 1.02. The third-order valence-electron chi connectivity index (χ3n) is 1.79. The highest BCUT2D eigenvalue weighted by Crippen LogP contribution is 2.14. The van der Waals surface area contributed by atoms with Crippen molar-refractivity contribution in [2.75, 3.05) is 18.9 Å². The molecule has 1 amide bonds. The highest BCUT2D eigenvalue weighted by molar-refractivity contribution is 7.13. The van der Waals surface area contributed by atoms with Crippen molar-refractivity contribution in [2.45, 2.75) is 19.8 Å². The maximum absolute atomic E-state index is 10.9. The number of amides is 1. The lowest BCUT2D eigenvalue weighted by atomic mass is 10.3. The van der Waals surface area contributed by atoms with Crippen LogP contribution in [0.1, 0.15) is 19.0 Å². The van der Waals surface area contributed by atoms with Crippen LogP contribution in [-0.4, -0.2) is 24.5 Å². The Morgan fingerprint density at radius 1 is 1.64 bits per heavy atom. The van der Waals surface area contributed by atoms with E-state index in [1.807, 2.05) is 19.4 Å². The van der Waals surface area contributed by atoms with E-state index in [2.05, 4.69) is 15.6 Å².